The van der Waals surface area contributed by atoms with Crippen molar-refractivity contribution < 1.29 is 28.6 Å². The SMILES string of the molecule is CCCC(OC(=O)C(C)(C)CCC(C)(CCC(C)(CC)C(=O)OCCN(C)C)C(=O)OC12CC3CC(CC(C3)C1)C2)c1ccccc1. The number of nitrogens with zero attached hydrogens (tertiary/aromatic N) is 1. The first kappa shape index (κ1) is 37.4. The van der Waals surface area contributed by atoms with Gasteiger partial charge in [0.1, 0.15) is 18.3 Å². The van der Waals surface area contributed by atoms with E-state index in [-0.39, 0.29) is 29.6 Å². The van der Waals surface area contributed by atoms with Gasteiger partial charge in [0, 0.05) is 6.54 Å². The summed E-state index contributed by atoms with van der Waals surface area (Å²) in [5.41, 5.74) is -1.74. The first-order chi connectivity index (χ1) is 22.1. The number of hydrogen-bond acceptors (Lipinski definition) is 7. The molecule has 4 bridgehead atoms. The largest absolute Gasteiger partial charge is 0.464 e. The van der Waals surface area contributed by atoms with Crippen molar-refractivity contribution in [2.24, 2.45) is 34.0 Å². The molecule has 0 amide bonds. The van der Waals surface area contributed by atoms with Crippen molar-refractivity contribution in [1.29, 1.82) is 0 Å². The maximum Gasteiger partial charge on any atom is 0.312 e. The molecule has 0 saturated heterocycles. The van der Waals surface area contributed by atoms with E-state index in [9.17, 15) is 14.4 Å². The topological polar surface area (TPSA) is 82.1 Å². The molecule has 1 aromatic carbocycles. The average molecular weight is 654 g/mol. The lowest BCUT2D eigenvalue weighted by molar-refractivity contribution is -0.198. The molecule has 0 aromatic heterocycles. The minimum absolute atomic E-state index is 0.170. The van der Waals surface area contributed by atoms with Crippen LogP contribution in [0, 0.1) is 34.0 Å². The third-order valence-corrected chi connectivity index (χ3v) is 11.9. The molecule has 7 nitrogen and oxygen atoms in total. The second-order valence-corrected chi connectivity index (χ2v) is 16.9. The molecule has 4 fully saturated rings. The van der Waals surface area contributed by atoms with Gasteiger partial charge in [0.05, 0.1) is 16.2 Å². The summed E-state index contributed by atoms with van der Waals surface area (Å²) in [6.07, 6.45) is 10.6. The van der Waals surface area contributed by atoms with E-state index in [2.05, 4.69) is 6.92 Å². The zero-order chi connectivity index (χ0) is 34.5. The fraction of sp³-hybridized carbons (Fsp3) is 0.775. The van der Waals surface area contributed by atoms with Crippen LogP contribution in [0.4, 0.5) is 0 Å². The van der Waals surface area contributed by atoms with Crippen molar-refractivity contribution >= 4 is 17.9 Å². The quantitative estimate of drug-likeness (QED) is 0.116. The number of carbonyl (C=O) groups excluding carboxylic acids is 3. The van der Waals surface area contributed by atoms with Gasteiger partial charge < -0.3 is 19.1 Å². The molecule has 3 atom stereocenters. The molecule has 0 N–H and O–H groups in total. The van der Waals surface area contributed by atoms with Crippen LogP contribution in [0.2, 0.25) is 0 Å². The van der Waals surface area contributed by atoms with Gasteiger partial charge in [0.15, 0.2) is 0 Å². The number of carbonyl (C=O) groups is 3. The molecule has 47 heavy (non-hydrogen) atoms. The van der Waals surface area contributed by atoms with Gasteiger partial charge in [-0.2, -0.15) is 0 Å². The van der Waals surface area contributed by atoms with E-state index < -0.39 is 16.2 Å². The van der Waals surface area contributed by atoms with Crippen molar-refractivity contribution in [2.45, 2.75) is 137 Å². The van der Waals surface area contributed by atoms with Crippen molar-refractivity contribution in [3.8, 4) is 0 Å². The van der Waals surface area contributed by atoms with E-state index in [0.717, 1.165) is 37.7 Å². The van der Waals surface area contributed by atoms with E-state index in [1.807, 2.05) is 83.9 Å². The maximum atomic E-state index is 14.4. The molecule has 264 valence electrons. The summed E-state index contributed by atoms with van der Waals surface area (Å²) in [5.74, 6) is 1.35. The van der Waals surface area contributed by atoms with Crippen molar-refractivity contribution in [3.63, 3.8) is 0 Å². The summed E-state index contributed by atoms with van der Waals surface area (Å²) in [6, 6.07) is 9.93. The van der Waals surface area contributed by atoms with Crippen molar-refractivity contribution in [1.82, 2.24) is 4.90 Å². The van der Waals surface area contributed by atoms with Gasteiger partial charge in [-0.1, -0.05) is 50.6 Å². The van der Waals surface area contributed by atoms with Gasteiger partial charge in [0.25, 0.3) is 0 Å². The molecule has 4 aliphatic rings. The summed E-state index contributed by atoms with van der Waals surface area (Å²) in [6.45, 7) is 12.9. The van der Waals surface area contributed by atoms with Crippen LogP contribution < -0.4 is 0 Å². The average Bonchev–Trinajstić information content (AvgIpc) is 3.01. The Balaban J connectivity index is 1.50. The lowest BCUT2D eigenvalue weighted by atomic mass is 9.54. The van der Waals surface area contributed by atoms with Gasteiger partial charge in [-0.05, 0) is 142 Å². The predicted molar refractivity (Wildman–Crippen MR) is 185 cm³/mol. The maximum absolute atomic E-state index is 14.4. The Morgan fingerprint density at radius 3 is 1.89 bits per heavy atom. The Morgan fingerprint density at radius 1 is 0.809 bits per heavy atom. The van der Waals surface area contributed by atoms with Crippen LogP contribution in [-0.4, -0.2) is 55.7 Å². The van der Waals surface area contributed by atoms with Gasteiger partial charge >= 0.3 is 17.9 Å². The normalized spacial score (nSPS) is 26.7. The molecule has 0 aliphatic heterocycles. The minimum atomic E-state index is -0.858. The van der Waals surface area contributed by atoms with Crippen LogP contribution >= 0.6 is 0 Å². The smallest absolute Gasteiger partial charge is 0.312 e. The van der Waals surface area contributed by atoms with Gasteiger partial charge in [-0.3, -0.25) is 14.4 Å². The van der Waals surface area contributed by atoms with Gasteiger partial charge in [-0.15, -0.1) is 0 Å². The van der Waals surface area contributed by atoms with Crippen LogP contribution in [0.15, 0.2) is 30.3 Å². The van der Waals surface area contributed by atoms with Crippen LogP contribution in [0.5, 0.6) is 0 Å². The fourth-order valence-electron chi connectivity index (χ4n) is 8.48. The molecule has 4 saturated carbocycles. The summed E-state index contributed by atoms with van der Waals surface area (Å²) in [4.78, 5) is 43.5. The zero-order valence-electron chi connectivity index (χ0n) is 30.7. The van der Waals surface area contributed by atoms with Crippen LogP contribution in [0.1, 0.15) is 137 Å². The van der Waals surface area contributed by atoms with E-state index in [0.29, 0.717) is 63.0 Å². The summed E-state index contributed by atoms with van der Waals surface area (Å²) < 4.78 is 18.5. The number of esters is 3. The van der Waals surface area contributed by atoms with E-state index in [1.54, 1.807) is 0 Å². The second-order valence-electron chi connectivity index (χ2n) is 16.9. The second kappa shape index (κ2) is 15.4. The van der Waals surface area contributed by atoms with Crippen molar-refractivity contribution in [2.75, 3.05) is 27.2 Å². The fourth-order valence-corrected chi connectivity index (χ4v) is 8.48. The number of likely N-dealkylation sites (N-methyl/N-ethyl adjacent to an activating group) is 1. The van der Waals surface area contributed by atoms with E-state index in [4.69, 9.17) is 14.2 Å². The zero-order valence-corrected chi connectivity index (χ0v) is 30.7. The molecular formula is C40H63NO6. The molecule has 1 aromatic rings. The number of rotatable bonds is 18. The first-order valence-electron chi connectivity index (χ1n) is 18.4. The third-order valence-electron chi connectivity index (χ3n) is 11.9. The highest BCUT2D eigenvalue weighted by Gasteiger charge is 2.55. The molecule has 7 heteroatoms. The Kier molecular flexibility index (Phi) is 12.3. The molecule has 3 unspecified atom stereocenters. The first-order valence-corrected chi connectivity index (χ1v) is 18.4. The van der Waals surface area contributed by atoms with Gasteiger partial charge in [-0.25, -0.2) is 0 Å². The Labute approximate surface area is 284 Å². The predicted octanol–water partition coefficient (Wildman–Crippen LogP) is 8.70. The molecule has 5 rings (SSSR count). The standard InChI is InChI=1S/C40H63NO6/c1-9-14-33(32-15-12-11-13-16-32)46-34(42)37(3,4)17-18-39(6,20-19-38(5,10-2)35(43)45-22-21-41(7)8)36(44)47-40-26-29-23-30(27-40)25-31(24-29)28-40/h11-13,15-16,29-31,33H,9-10,14,17-28H2,1-8H3. The van der Waals surface area contributed by atoms with Crippen molar-refractivity contribution in [3.05, 3.63) is 35.9 Å². The van der Waals surface area contributed by atoms with E-state index >= 15 is 0 Å². The van der Waals surface area contributed by atoms with Crippen LogP contribution in [-0.2, 0) is 28.6 Å². The summed E-state index contributed by atoms with van der Waals surface area (Å²) >= 11 is 0. The lowest BCUT2D eigenvalue weighted by Crippen LogP contribution is -2.54. The molecule has 0 heterocycles. The number of hydrogen-bond donors (Lipinski definition) is 0. The van der Waals surface area contributed by atoms with Gasteiger partial charge in [0.2, 0.25) is 0 Å². The number of benzene rings is 1. The Hall–Kier alpha value is -2.41. The molecule has 4 aliphatic carbocycles. The highest BCUT2D eigenvalue weighted by molar-refractivity contribution is 5.79. The van der Waals surface area contributed by atoms with E-state index in [1.165, 1.54) is 19.3 Å². The highest BCUT2D eigenvalue weighted by atomic mass is 16.6. The molecule has 0 radical (unpaired) electrons. The minimum Gasteiger partial charge on any atom is -0.464 e. The molecular weight excluding hydrogens is 590 g/mol. The van der Waals surface area contributed by atoms with Crippen LogP contribution in [0.25, 0.3) is 0 Å². The number of ether oxygens (including phenoxy) is 3. The lowest BCUT2D eigenvalue weighted by Gasteiger charge is -2.56. The summed E-state index contributed by atoms with van der Waals surface area (Å²) in [5, 5.41) is 0. The monoisotopic (exact) mass is 653 g/mol. The Morgan fingerprint density at radius 2 is 1.36 bits per heavy atom. The van der Waals surface area contributed by atoms with Crippen LogP contribution in [0.3, 0.4) is 0 Å². The molecule has 0 spiro atoms. The third kappa shape index (κ3) is 9.39. The Bertz CT molecular complexity index is 1180. The highest BCUT2D eigenvalue weighted by Crippen LogP contribution is 2.58. The summed E-state index contributed by atoms with van der Waals surface area (Å²) in [7, 11) is 3.91.